The lowest BCUT2D eigenvalue weighted by Gasteiger charge is -2.47. The Kier molecular flexibility index (Phi) is 6.38. The average Bonchev–Trinajstić information content (AvgIpc) is 2.58. The molecule has 0 aromatic heterocycles. The van der Waals surface area contributed by atoms with Gasteiger partial charge in [0.05, 0.1) is 14.2 Å². The Labute approximate surface area is 170 Å². The molecular formula is C21H30INO3. The molecule has 0 aliphatic carbocycles. The molecule has 0 spiro atoms. The summed E-state index contributed by atoms with van der Waals surface area (Å²) in [5, 5.41) is 9.98. The number of benzene rings is 1. The van der Waals surface area contributed by atoms with E-state index < -0.39 is 0 Å². The molecule has 1 fully saturated rings. The standard InChI is InChI=1S/C21H30INO3/c1-13(2)7-14-8-16(10-20(22)24)21-17-11-19(26-4)18(25-3)9-15(17)5-6-23(21)12-14/h9-11,13-14,16,21,24H,5-8,12H2,1-4H3. The predicted molar refractivity (Wildman–Crippen MR) is 113 cm³/mol. The number of piperidine rings is 1. The van der Waals surface area contributed by atoms with Gasteiger partial charge in [-0.1, -0.05) is 13.8 Å². The highest BCUT2D eigenvalue weighted by atomic mass is 127. The Morgan fingerprint density at radius 3 is 2.62 bits per heavy atom. The molecule has 1 aromatic rings. The number of halogens is 1. The van der Waals surface area contributed by atoms with E-state index in [2.05, 4.69) is 37.0 Å². The zero-order valence-corrected chi connectivity index (χ0v) is 18.3. The molecule has 5 heteroatoms. The van der Waals surface area contributed by atoms with Crippen LogP contribution in [0.25, 0.3) is 0 Å². The van der Waals surface area contributed by atoms with Crippen LogP contribution in [0, 0.1) is 17.8 Å². The van der Waals surface area contributed by atoms with E-state index in [0.29, 0.717) is 27.6 Å². The molecule has 0 amide bonds. The van der Waals surface area contributed by atoms with Gasteiger partial charge in [0.2, 0.25) is 0 Å². The number of methoxy groups -OCH3 is 2. The molecule has 1 N–H and O–H groups in total. The van der Waals surface area contributed by atoms with Gasteiger partial charge in [-0.3, -0.25) is 4.90 Å². The smallest absolute Gasteiger partial charge is 0.161 e. The number of aliphatic hydroxyl groups is 1. The van der Waals surface area contributed by atoms with Crippen LogP contribution in [0.5, 0.6) is 11.5 Å². The highest BCUT2D eigenvalue weighted by Crippen LogP contribution is 2.47. The molecule has 144 valence electrons. The number of nitrogens with zero attached hydrogens (tertiary/aromatic N) is 1. The predicted octanol–water partition coefficient (Wildman–Crippen LogP) is 5.12. The van der Waals surface area contributed by atoms with Crippen molar-refractivity contribution in [3.05, 3.63) is 33.1 Å². The fourth-order valence-electron chi connectivity index (χ4n) is 4.83. The maximum Gasteiger partial charge on any atom is 0.161 e. The third-order valence-corrected chi connectivity index (χ3v) is 6.05. The minimum atomic E-state index is 0.305. The van der Waals surface area contributed by atoms with Gasteiger partial charge in [-0.2, -0.15) is 0 Å². The summed E-state index contributed by atoms with van der Waals surface area (Å²) in [6.07, 6.45) is 5.46. The Morgan fingerprint density at radius 2 is 2.00 bits per heavy atom. The van der Waals surface area contributed by atoms with Crippen molar-refractivity contribution < 1.29 is 14.6 Å². The summed E-state index contributed by atoms with van der Waals surface area (Å²) < 4.78 is 11.5. The number of aliphatic hydroxyl groups excluding tert-OH is 1. The second-order valence-electron chi connectivity index (χ2n) is 7.98. The first-order valence-corrected chi connectivity index (χ1v) is 10.6. The Morgan fingerprint density at radius 1 is 1.31 bits per heavy atom. The van der Waals surface area contributed by atoms with Crippen molar-refractivity contribution in [3.63, 3.8) is 0 Å². The third kappa shape index (κ3) is 4.14. The molecule has 26 heavy (non-hydrogen) atoms. The van der Waals surface area contributed by atoms with E-state index in [-0.39, 0.29) is 0 Å². The van der Waals surface area contributed by atoms with Crippen LogP contribution in [-0.4, -0.2) is 37.3 Å². The lowest BCUT2D eigenvalue weighted by Crippen LogP contribution is -2.46. The second kappa shape index (κ2) is 8.38. The van der Waals surface area contributed by atoms with Crippen molar-refractivity contribution in [2.24, 2.45) is 17.8 Å². The maximum absolute atomic E-state index is 9.98. The number of hydrogen-bond donors (Lipinski definition) is 1. The van der Waals surface area contributed by atoms with Crippen LogP contribution in [0.3, 0.4) is 0 Å². The zero-order chi connectivity index (χ0) is 18.8. The molecule has 0 radical (unpaired) electrons. The van der Waals surface area contributed by atoms with Crippen LogP contribution in [0.2, 0.25) is 0 Å². The SMILES string of the molecule is COc1cc2c(cc1OC)C1C(C=C(O)I)CC(CC(C)C)CN1CC2. The van der Waals surface area contributed by atoms with Gasteiger partial charge in [0.15, 0.2) is 11.5 Å². The minimum absolute atomic E-state index is 0.305. The first-order chi connectivity index (χ1) is 12.4. The van der Waals surface area contributed by atoms with Crippen LogP contribution in [0.15, 0.2) is 22.0 Å². The molecule has 4 nitrogen and oxygen atoms in total. The van der Waals surface area contributed by atoms with Crippen molar-refractivity contribution in [2.45, 2.75) is 39.2 Å². The highest BCUT2D eigenvalue weighted by molar-refractivity contribution is 14.1. The number of hydrogen-bond acceptors (Lipinski definition) is 4. The molecule has 1 aromatic carbocycles. The van der Waals surface area contributed by atoms with Crippen molar-refractivity contribution in [1.82, 2.24) is 4.90 Å². The van der Waals surface area contributed by atoms with E-state index in [1.165, 1.54) is 17.5 Å². The van der Waals surface area contributed by atoms with Crippen LogP contribution in [-0.2, 0) is 6.42 Å². The maximum atomic E-state index is 9.98. The normalized spacial score (nSPS) is 26.4. The van der Waals surface area contributed by atoms with Crippen molar-refractivity contribution >= 4 is 22.6 Å². The molecule has 0 saturated carbocycles. The molecular weight excluding hydrogens is 441 g/mol. The summed E-state index contributed by atoms with van der Waals surface area (Å²) in [6.45, 7) is 6.81. The Balaban J connectivity index is 1.99. The van der Waals surface area contributed by atoms with Crippen LogP contribution >= 0.6 is 22.6 Å². The van der Waals surface area contributed by atoms with Crippen LogP contribution in [0.4, 0.5) is 0 Å². The van der Waals surface area contributed by atoms with Gasteiger partial charge in [0.25, 0.3) is 0 Å². The van der Waals surface area contributed by atoms with E-state index >= 15 is 0 Å². The van der Waals surface area contributed by atoms with E-state index in [1.807, 2.05) is 22.6 Å². The summed E-state index contributed by atoms with van der Waals surface area (Å²) >= 11 is 2.02. The van der Waals surface area contributed by atoms with E-state index in [0.717, 1.165) is 37.4 Å². The molecule has 3 rings (SSSR count). The quantitative estimate of drug-likeness (QED) is 0.478. The van der Waals surface area contributed by atoms with Gasteiger partial charge >= 0.3 is 0 Å². The monoisotopic (exact) mass is 471 g/mol. The van der Waals surface area contributed by atoms with Gasteiger partial charge < -0.3 is 14.6 Å². The molecule has 0 bridgehead atoms. The highest BCUT2D eigenvalue weighted by Gasteiger charge is 2.40. The second-order valence-corrected chi connectivity index (χ2v) is 9.09. The number of ether oxygens (including phenoxy) is 2. The largest absolute Gasteiger partial charge is 0.503 e. The molecule has 3 atom stereocenters. The number of fused-ring (bicyclic) bond motifs is 3. The summed E-state index contributed by atoms with van der Waals surface area (Å²) in [5.74, 6) is 3.30. The number of rotatable bonds is 5. The Bertz CT molecular complexity index is 669. The Hall–Kier alpha value is -0.950. The molecule has 2 heterocycles. The van der Waals surface area contributed by atoms with Gasteiger partial charge in [0, 0.05) is 25.0 Å². The lowest BCUT2D eigenvalue weighted by molar-refractivity contribution is 0.0573. The van der Waals surface area contributed by atoms with Crippen molar-refractivity contribution in [2.75, 3.05) is 27.3 Å². The zero-order valence-electron chi connectivity index (χ0n) is 16.2. The van der Waals surface area contributed by atoms with Crippen molar-refractivity contribution in [1.29, 1.82) is 0 Å². The summed E-state index contributed by atoms with van der Waals surface area (Å²) in [7, 11) is 3.38. The van der Waals surface area contributed by atoms with Crippen LogP contribution < -0.4 is 9.47 Å². The molecule has 1 saturated heterocycles. The summed E-state index contributed by atoms with van der Waals surface area (Å²) in [4.78, 5) is 2.62. The first-order valence-electron chi connectivity index (χ1n) is 9.48. The third-order valence-electron chi connectivity index (χ3n) is 5.69. The van der Waals surface area contributed by atoms with Gasteiger partial charge in [0.1, 0.15) is 3.77 Å². The van der Waals surface area contributed by atoms with Gasteiger partial charge in [-0.05, 0) is 83.0 Å². The van der Waals surface area contributed by atoms with E-state index in [1.54, 1.807) is 14.2 Å². The topological polar surface area (TPSA) is 41.9 Å². The lowest BCUT2D eigenvalue weighted by atomic mass is 9.74. The van der Waals surface area contributed by atoms with Crippen LogP contribution in [0.1, 0.15) is 43.9 Å². The molecule has 2 aliphatic rings. The van der Waals surface area contributed by atoms with E-state index in [9.17, 15) is 5.11 Å². The first kappa shape index (κ1) is 19.8. The van der Waals surface area contributed by atoms with Gasteiger partial charge in [-0.25, -0.2) is 0 Å². The van der Waals surface area contributed by atoms with Gasteiger partial charge in [-0.15, -0.1) is 0 Å². The molecule has 3 unspecified atom stereocenters. The fourth-order valence-corrected chi connectivity index (χ4v) is 5.29. The summed E-state index contributed by atoms with van der Waals surface area (Å²) in [5.41, 5.74) is 2.67. The van der Waals surface area contributed by atoms with Crippen molar-refractivity contribution in [3.8, 4) is 11.5 Å². The fraction of sp³-hybridized carbons (Fsp3) is 0.619. The minimum Gasteiger partial charge on any atom is -0.503 e. The summed E-state index contributed by atoms with van der Waals surface area (Å²) in [6, 6.07) is 4.59. The molecule has 2 aliphatic heterocycles. The average molecular weight is 471 g/mol. The van der Waals surface area contributed by atoms with E-state index in [4.69, 9.17) is 9.47 Å².